The fraction of sp³-hybridized carbons (Fsp3) is 0.435. The number of rotatable bonds is 5. The molecule has 8 heteroatoms. The SMILES string of the molecule is Cc1c(C)n2c3c(=O)n(CCc4ccccc4)c(=O)n(C)c3nc2n1CC1CCCO1. The van der Waals surface area contributed by atoms with Crippen LogP contribution in [0.2, 0.25) is 0 Å². The van der Waals surface area contributed by atoms with Crippen molar-refractivity contribution in [2.75, 3.05) is 6.61 Å². The fourth-order valence-corrected chi connectivity index (χ4v) is 4.61. The third-order valence-corrected chi connectivity index (χ3v) is 6.51. The van der Waals surface area contributed by atoms with Crippen molar-refractivity contribution in [3.8, 4) is 0 Å². The van der Waals surface area contributed by atoms with Crippen molar-refractivity contribution in [2.45, 2.75) is 52.3 Å². The van der Waals surface area contributed by atoms with Gasteiger partial charge in [0.2, 0.25) is 5.78 Å². The molecule has 1 unspecified atom stereocenters. The number of hydrogen-bond acceptors (Lipinski definition) is 4. The summed E-state index contributed by atoms with van der Waals surface area (Å²) in [7, 11) is 1.68. The number of nitrogens with zero attached hydrogens (tertiary/aromatic N) is 5. The molecule has 1 atom stereocenters. The molecule has 162 valence electrons. The van der Waals surface area contributed by atoms with Crippen molar-refractivity contribution in [1.82, 2.24) is 23.1 Å². The summed E-state index contributed by atoms with van der Waals surface area (Å²) in [5.74, 6) is 0.688. The molecule has 1 aliphatic rings. The van der Waals surface area contributed by atoms with Crippen LogP contribution in [-0.4, -0.2) is 35.8 Å². The minimum Gasteiger partial charge on any atom is -0.376 e. The average Bonchev–Trinajstić information content (AvgIpc) is 3.48. The molecule has 4 heterocycles. The molecule has 1 aliphatic heterocycles. The molecule has 0 aliphatic carbocycles. The predicted octanol–water partition coefficient (Wildman–Crippen LogP) is 2.19. The molecule has 1 aromatic carbocycles. The Morgan fingerprint density at radius 1 is 1.10 bits per heavy atom. The van der Waals surface area contributed by atoms with Crippen LogP contribution in [0.4, 0.5) is 0 Å². The molecule has 0 radical (unpaired) electrons. The molecular formula is C23H27N5O3. The molecule has 0 N–H and O–H groups in total. The summed E-state index contributed by atoms with van der Waals surface area (Å²) in [6.45, 7) is 5.85. The molecule has 8 nitrogen and oxygen atoms in total. The minimum atomic E-state index is -0.339. The quantitative estimate of drug-likeness (QED) is 0.495. The summed E-state index contributed by atoms with van der Waals surface area (Å²) in [5, 5.41) is 0. The smallest absolute Gasteiger partial charge is 0.332 e. The van der Waals surface area contributed by atoms with Crippen LogP contribution in [0, 0.1) is 13.8 Å². The van der Waals surface area contributed by atoms with E-state index in [1.807, 2.05) is 48.6 Å². The lowest BCUT2D eigenvalue weighted by atomic mass is 10.1. The van der Waals surface area contributed by atoms with E-state index < -0.39 is 0 Å². The van der Waals surface area contributed by atoms with Crippen LogP contribution in [0.25, 0.3) is 16.9 Å². The molecule has 1 saturated heterocycles. The molecule has 0 amide bonds. The van der Waals surface area contributed by atoms with Gasteiger partial charge in [0, 0.05) is 31.6 Å². The summed E-state index contributed by atoms with van der Waals surface area (Å²) < 4.78 is 12.7. The molecule has 0 bridgehead atoms. The van der Waals surface area contributed by atoms with Gasteiger partial charge in [0.05, 0.1) is 12.6 Å². The zero-order chi connectivity index (χ0) is 21.7. The van der Waals surface area contributed by atoms with Gasteiger partial charge in [-0.1, -0.05) is 30.3 Å². The maximum absolute atomic E-state index is 13.5. The van der Waals surface area contributed by atoms with Gasteiger partial charge >= 0.3 is 5.69 Å². The molecule has 5 rings (SSSR count). The normalized spacial score (nSPS) is 16.7. The minimum absolute atomic E-state index is 0.153. The van der Waals surface area contributed by atoms with E-state index in [1.54, 1.807) is 7.05 Å². The van der Waals surface area contributed by atoms with Crippen LogP contribution in [0.1, 0.15) is 29.8 Å². The molecule has 0 saturated carbocycles. The molecule has 31 heavy (non-hydrogen) atoms. The largest absolute Gasteiger partial charge is 0.376 e. The van der Waals surface area contributed by atoms with Gasteiger partial charge in [-0.25, -0.2) is 4.79 Å². The van der Waals surface area contributed by atoms with Gasteiger partial charge in [0.15, 0.2) is 11.2 Å². The van der Waals surface area contributed by atoms with Crippen molar-refractivity contribution in [3.05, 3.63) is 68.1 Å². The Morgan fingerprint density at radius 3 is 2.58 bits per heavy atom. The summed E-state index contributed by atoms with van der Waals surface area (Å²) in [4.78, 5) is 31.2. The Labute approximate surface area is 179 Å². The molecule has 0 spiro atoms. The number of imidazole rings is 2. The number of fused-ring (bicyclic) bond motifs is 3. The fourth-order valence-electron chi connectivity index (χ4n) is 4.61. The summed E-state index contributed by atoms with van der Waals surface area (Å²) in [6, 6.07) is 9.88. The third-order valence-electron chi connectivity index (χ3n) is 6.51. The Hall–Kier alpha value is -3.13. The van der Waals surface area contributed by atoms with Gasteiger partial charge in [-0.15, -0.1) is 0 Å². The Morgan fingerprint density at radius 2 is 1.87 bits per heavy atom. The lowest BCUT2D eigenvalue weighted by Crippen LogP contribution is -2.39. The van der Waals surface area contributed by atoms with Crippen molar-refractivity contribution in [1.29, 1.82) is 0 Å². The van der Waals surface area contributed by atoms with Crippen molar-refractivity contribution < 1.29 is 4.74 Å². The number of ether oxygens (including phenoxy) is 1. The molecule has 4 aromatic rings. The van der Waals surface area contributed by atoms with Gasteiger partial charge in [-0.3, -0.25) is 18.3 Å². The van der Waals surface area contributed by atoms with E-state index in [-0.39, 0.29) is 17.4 Å². The van der Waals surface area contributed by atoms with Gasteiger partial charge in [0.1, 0.15) is 0 Å². The second kappa shape index (κ2) is 7.53. The Kier molecular flexibility index (Phi) is 4.81. The predicted molar refractivity (Wildman–Crippen MR) is 119 cm³/mol. The highest BCUT2D eigenvalue weighted by Crippen LogP contribution is 2.23. The number of benzene rings is 1. The summed E-state index contributed by atoms with van der Waals surface area (Å²) in [5.41, 5.74) is 3.35. The summed E-state index contributed by atoms with van der Waals surface area (Å²) >= 11 is 0. The van der Waals surface area contributed by atoms with Crippen LogP contribution in [0.15, 0.2) is 39.9 Å². The first-order chi connectivity index (χ1) is 15.0. The highest BCUT2D eigenvalue weighted by molar-refractivity contribution is 5.76. The highest BCUT2D eigenvalue weighted by Gasteiger charge is 2.25. The van der Waals surface area contributed by atoms with E-state index in [1.165, 1.54) is 9.13 Å². The standard InChI is InChI=1S/C23H27N5O3/c1-15-16(2)28-19-20(24-22(28)27(15)14-18-10-7-13-31-18)25(3)23(30)26(21(19)29)12-11-17-8-5-4-6-9-17/h4-6,8-9,18H,7,10-14H2,1-3H3. The monoisotopic (exact) mass is 421 g/mol. The Bertz CT molecular complexity index is 1380. The van der Waals surface area contributed by atoms with Gasteiger partial charge < -0.3 is 9.30 Å². The zero-order valence-corrected chi connectivity index (χ0v) is 18.2. The first-order valence-electron chi connectivity index (χ1n) is 10.8. The van der Waals surface area contributed by atoms with Crippen LogP contribution in [0.5, 0.6) is 0 Å². The first kappa shape index (κ1) is 19.8. The molecular weight excluding hydrogens is 394 g/mol. The number of aromatic nitrogens is 5. The van der Waals surface area contributed by atoms with E-state index in [4.69, 9.17) is 9.72 Å². The Balaban J connectivity index is 1.67. The van der Waals surface area contributed by atoms with E-state index in [2.05, 4.69) is 4.57 Å². The van der Waals surface area contributed by atoms with E-state index in [0.29, 0.717) is 36.5 Å². The highest BCUT2D eigenvalue weighted by atomic mass is 16.5. The molecule has 3 aromatic heterocycles. The maximum atomic E-state index is 13.5. The lowest BCUT2D eigenvalue weighted by Gasteiger charge is -2.12. The maximum Gasteiger partial charge on any atom is 0.332 e. The van der Waals surface area contributed by atoms with Gasteiger partial charge in [0.25, 0.3) is 5.56 Å². The second-order valence-electron chi connectivity index (χ2n) is 8.37. The van der Waals surface area contributed by atoms with E-state index >= 15 is 0 Å². The van der Waals surface area contributed by atoms with E-state index in [0.717, 1.165) is 36.4 Å². The van der Waals surface area contributed by atoms with Crippen LogP contribution in [0.3, 0.4) is 0 Å². The number of aryl methyl sites for hydroxylation is 3. The van der Waals surface area contributed by atoms with Crippen LogP contribution < -0.4 is 11.2 Å². The van der Waals surface area contributed by atoms with Crippen molar-refractivity contribution >= 4 is 16.9 Å². The summed E-state index contributed by atoms with van der Waals surface area (Å²) in [6.07, 6.45) is 2.85. The molecule has 1 fully saturated rings. The topological polar surface area (TPSA) is 75.5 Å². The van der Waals surface area contributed by atoms with Crippen molar-refractivity contribution in [2.24, 2.45) is 7.05 Å². The van der Waals surface area contributed by atoms with E-state index in [9.17, 15) is 9.59 Å². The second-order valence-corrected chi connectivity index (χ2v) is 8.37. The van der Waals surface area contributed by atoms with Crippen molar-refractivity contribution in [3.63, 3.8) is 0 Å². The zero-order valence-electron chi connectivity index (χ0n) is 18.2. The van der Waals surface area contributed by atoms with Gasteiger partial charge in [-0.05, 0) is 38.7 Å². The third kappa shape index (κ3) is 3.13. The van der Waals surface area contributed by atoms with Crippen LogP contribution >= 0.6 is 0 Å². The first-order valence-corrected chi connectivity index (χ1v) is 10.8. The lowest BCUT2D eigenvalue weighted by molar-refractivity contribution is 0.0974. The van der Waals surface area contributed by atoms with Gasteiger partial charge in [-0.2, -0.15) is 4.98 Å². The average molecular weight is 422 g/mol. The number of hydrogen-bond donors (Lipinski definition) is 0. The van der Waals surface area contributed by atoms with Crippen LogP contribution in [-0.2, 0) is 31.3 Å².